The summed E-state index contributed by atoms with van der Waals surface area (Å²) in [6, 6.07) is 0.657. The van der Waals surface area contributed by atoms with Gasteiger partial charge >= 0.3 is 0 Å². The highest BCUT2D eigenvalue weighted by Crippen LogP contribution is 2.39. The fraction of sp³-hybridized carbons (Fsp3) is 1.00. The molecule has 1 aliphatic carbocycles. The zero-order chi connectivity index (χ0) is 12.9. The van der Waals surface area contributed by atoms with Gasteiger partial charge < -0.3 is 10.2 Å². The number of hydrogen-bond acceptors (Lipinski definition) is 2. The minimum Gasteiger partial charge on any atom is -0.312 e. The average molecular weight is 240 g/mol. The van der Waals surface area contributed by atoms with E-state index in [4.69, 9.17) is 0 Å². The van der Waals surface area contributed by atoms with Crippen molar-refractivity contribution in [3.05, 3.63) is 0 Å². The van der Waals surface area contributed by atoms with Crippen LogP contribution in [0.5, 0.6) is 0 Å². The second kappa shape index (κ2) is 6.75. The van der Waals surface area contributed by atoms with E-state index in [1.54, 1.807) is 0 Å². The summed E-state index contributed by atoms with van der Waals surface area (Å²) in [5.41, 5.74) is 0.407. The molecule has 1 fully saturated rings. The number of rotatable bonds is 7. The van der Waals surface area contributed by atoms with Crippen LogP contribution in [0.3, 0.4) is 0 Å². The molecule has 0 heterocycles. The van der Waals surface area contributed by atoms with Gasteiger partial charge in [-0.25, -0.2) is 0 Å². The lowest BCUT2D eigenvalue weighted by molar-refractivity contribution is 0.0762. The Bertz CT molecular complexity index is 207. The van der Waals surface area contributed by atoms with Gasteiger partial charge in [-0.3, -0.25) is 0 Å². The highest BCUT2D eigenvalue weighted by molar-refractivity contribution is 5.03. The maximum absolute atomic E-state index is 3.84. The summed E-state index contributed by atoms with van der Waals surface area (Å²) in [7, 11) is 4.54. The predicted molar refractivity (Wildman–Crippen MR) is 76.4 cm³/mol. The predicted octanol–water partition coefficient (Wildman–Crippen LogP) is 3.28. The Morgan fingerprint density at radius 3 is 2.18 bits per heavy atom. The van der Waals surface area contributed by atoms with Crippen molar-refractivity contribution < 1.29 is 0 Å². The summed E-state index contributed by atoms with van der Waals surface area (Å²) in [5, 5.41) is 3.84. The van der Waals surface area contributed by atoms with E-state index < -0.39 is 0 Å². The molecule has 102 valence electrons. The molecule has 1 saturated carbocycles. The molecule has 0 amide bonds. The molecule has 0 spiro atoms. The van der Waals surface area contributed by atoms with E-state index in [-0.39, 0.29) is 0 Å². The molecule has 1 aliphatic rings. The van der Waals surface area contributed by atoms with Gasteiger partial charge in [-0.05, 0) is 45.8 Å². The van der Waals surface area contributed by atoms with E-state index in [0.29, 0.717) is 11.6 Å². The van der Waals surface area contributed by atoms with E-state index >= 15 is 0 Å². The van der Waals surface area contributed by atoms with Gasteiger partial charge in [0.15, 0.2) is 0 Å². The molecule has 0 bridgehead atoms. The number of nitrogens with one attached hydrogen (secondary N) is 1. The van der Waals surface area contributed by atoms with Crippen molar-refractivity contribution in [3.63, 3.8) is 0 Å². The van der Waals surface area contributed by atoms with Crippen LogP contribution in [0.1, 0.15) is 59.3 Å². The number of hydrogen-bond donors (Lipinski definition) is 1. The quantitative estimate of drug-likeness (QED) is 0.735. The van der Waals surface area contributed by atoms with Crippen LogP contribution in [-0.4, -0.2) is 37.1 Å². The molecule has 2 heteroatoms. The normalized spacial score (nSPS) is 22.9. The maximum atomic E-state index is 3.84. The molecule has 1 N–H and O–H groups in total. The highest BCUT2D eigenvalue weighted by atomic mass is 15.2. The highest BCUT2D eigenvalue weighted by Gasteiger charge is 2.44. The molecule has 2 nitrogen and oxygen atoms in total. The SMILES string of the molecule is CCCNC(C(C)CC)C1(N(C)C)CCCC1. The van der Waals surface area contributed by atoms with Crippen molar-refractivity contribution in [1.29, 1.82) is 0 Å². The number of nitrogens with zero attached hydrogens (tertiary/aromatic N) is 1. The van der Waals surface area contributed by atoms with Crippen LogP contribution in [0.15, 0.2) is 0 Å². The Morgan fingerprint density at radius 1 is 1.18 bits per heavy atom. The molecular formula is C15H32N2. The number of likely N-dealkylation sites (N-methyl/N-ethyl adjacent to an activating group) is 1. The van der Waals surface area contributed by atoms with Crippen LogP contribution in [-0.2, 0) is 0 Å². The zero-order valence-corrected chi connectivity index (χ0v) is 12.6. The maximum Gasteiger partial charge on any atom is 0.0359 e. The summed E-state index contributed by atoms with van der Waals surface area (Å²) in [4.78, 5) is 2.50. The first-order chi connectivity index (χ1) is 8.08. The Morgan fingerprint density at radius 2 is 1.76 bits per heavy atom. The summed E-state index contributed by atoms with van der Waals surface area (Å²) >= 11 is 0. The van der Waals surface area contributed by atoms with Crippen molar-refractivity contribution >= 4 is 0 Å². The molecule has 2 unspecified atom stereocenters. The van der Waals surface area contributed by atoms with Crippen molar-refractivity contribution in [3.8, 4) is 0 Å². The van der Waals surface area contributed by atoms with E-state index in [1.807, 2.05) is 0 Å². The fourth-order valence-corrected chi connectivity index (χ4v) is 3.48. The molecule has 1 rings (SSSR count). The van der Waals surface area contributed by atoms with Crippen LogP contribution >= 0.6 is 0 Å². The summed E-state index contributed by atoms with van der Waals surface area (Å²) in [6.45, 7) is 8.16. The van der Waals surface area contributed by atoms with Gasteiger partial charge in [-0.2, -0.15) is 0 Å². The van der Waals surface area contributed by atoms with Gasteiger partial charge in [-0.15, -0.1) is 0 Å². The molecule has 17 heavy (non-hydrogen) atoms. The van der Waals surface area contributed by atoms with Crippen LogP contribution in [0, 0.1) is 5.92 Å². The van der Waals surface area contributed by atoms with Gasteiger partial charge in [0, 0.05) is 11.6 Å². The van der Waals surface area contributed by atoms with Gasteiger partial charge in [0.25, 0.3) is 0 Å². The lowest BCUT2D eigenvalue weighted by Crippen LogP contribution is -2.60. The molecule has 0 aliphatic heterocycles. The Labute approximate surface area is 108 Å². The molecule has 2 atom stereocenters. The largest absolute Gasteiger partial charge is 0.312 e. The lowest BCUT2D eigenvalue weighted by Gasteiger charge is -2.46. The molecule has 0 saturated heterocycles. The Balaban J connectivity index is 2.83. The summed E-state index contributed by atoms with van der Waals surface area (Å²) in [5.74, 6) is 0.766. The second-order valence-electron chi connectivity index (χ2n) is 6.02. The monoisotopic (exact) mass is 240 g/mol. The molecular weight excluding hydrogens is 208 g/mol. The second-order valence-corrected chi connectivity index (χ2v) is 6.02. The minimum atomic E-state index is 0.407. The minimum absolute atomic E-state index is 0.407. The van der Waals surface area contributed by atoms with Crippen LogP contribution in [0.4, 0.5) is 0 Å². The van der Waals surface area contributed by atoms with E-state index in [0.717, 1.165) is 12.5 Å². The van der Waals surface area contributed by atoms with E-state index in [2.05, 4.69) is 45.1 Å². The van der Waals surface area contributed by atoms with E-state index in [9.17, 15) is 0 Å². The zero-order valence-electron chi connectivity index (χ0n) is 12.6. The first kappa shape index (κ1) is 15.0. The summed E-state index contributed by atoms with van der Waals surface area (Å²) in [6.07, 6.45) is 8.04. The van der Waals surface area contributed by atoms with Gasteiger partial charge in [-0.1, -0.05) is 40.0 Å². The lowest BCUT2D eigenvalue weighted by atomic mass is 9.78. The van der Waals surface area contributed by atoms with Gasteiger partial charge in [0.05, 0.1) is 0 Å². The van der Waals surface area contributed by atoms with Crippen LogP contribution < -0.4 is 5.32 Å². The fourth-order valence-electron chi connectivity index (χ4n) is 3.48. The van der Waals surface area contributed by atoms with Gasteiger partial charge in [0.1, 0.15) is 0 Å². The molecule has 0 radical (unpaired) electrons. The average Bonchev–Trinajstić information content (AvgIpc) is 2.79. The van der Waals surface area contributed by atoms with Crippen molar-refractivity contribution in [2.45, 2.75) is 70.9 Å². The van der Waals surface area contributed by atoms with E-state index in [1.165, 1.54) is 38.5 Å². The third-order valence-electron chi connectivity index (χ3n) is 4.77. The van der Waals surface area contributed by atoms with Crippen LogP contribution in [0.25, 0.3) is 0 Å². The summed E-state index contributed by atoms with van der Waals surface area (Å²) < 4.78 is 0. The Kier molecular flexibility index (Phi) is 5.94. The first-order valence-electron chi connectivity index (χ1n) is 7.49. The smallest absolute Gasteiger partial charge is 0.0359 e. The van der Waals surface area contributed by atoms with Gasteiger partial charge in [0.2, 0.25) is 0 Å². The standard InChI is InChI=1S/C15H32N2/c1-6-12-16-14(13(3)7-2)15(17(4)5)10-8-9-11-15/h13-14,16H,6-12H2,1-5H3. The van der Waals surface area contributed by atoms with Crippen LogP contribution in [0.2, 0.25) is 0 Å². The third kappa shape index (κ3) is 3.23. The van der Waals surface area contributed by atoms with Crippen molar-refractivity contribution in [1.82, 2.24) is 10.2 Å². The molecule has 0 aromatic heterocycles. The Hall–Kier alpha value is -0.0800. The first-order valence-corrected chi connectivity index (χ1v) is 7.49. The van der Waals surface area contributed by atoms with Crippen molar-refractivity contribution in [2.75, 3.05) is 20.6 Å². The third-order valence-corrected chi connectivity index (χ3v) is 4.77. The molecule has 0 aromatic carbocycles. The topological polar surface area (TPSA) is 15.3 Å². The van der Waals surface area contributed by atoms with Crippen molar-refractivity contribution in [2.24, 2.45) is 5.92 Å². The molecule has 0 aromatic rings.